The van der Waals surface area contributed by atoms with Gasteiger partial charge < -0.3 is 5.11 Å². The van der Waals surface area contributed by atoms with E-state index in [-0.39, 0.29) is 11.3 Å². The first-order valence-electron chi connectivity index (χ1n) is 5.27. The fourth-order valence-corrected chi connectivity index (χ4v) is 1.52. The van der Waals surface area contributed by atoms with Gasteiger partial charge in [0.2, 0.25) is 0 Å². The van der Waals surface area contributed by atoms with Gasteiger partial charge in [-0.25, -0.2) is 9.37 Å². The summed E-state index contributed by atoms with van der Waals surface area (Å²) in [7, 11) is 1.51. The predicted molar refractivity (Wildman–Crippen MR) is 65.0 cm³/mol. The minimum absolute atomic E-state index is 0.0943. The molecule has 2 aromatic rings. The average molecular weight is 246 g/mol. The highest BCUT2D eigenvalue weighted by Crippen LogP contribution is 2.21. The van der Waals surface area contributed by atoms with Crippen molar-refractivity contribution in [2.75, 3.05) is 11.9 Å². The Bertz CT molecular complexity index is 572. The fourth-order valence-electron chi connectivity index (χ4n) is 1.52. The van der Waals surface area contributed by atoms with Gasteiger partial charge in [0, 0.05) is 13.2 Å². The summed E-state index contributed by atoms with van der Waals surface area (Å²) < 4.78 is 13.1. The summed E-state index contributed by atoms with van der Waals surface area (Å²) in [6.07, 6.45) is 1.55. The molecule has 0 saturated heterocycles. The first-order valence-corrected chi connectivity index (χ1v) is 5.27. The molecular weight excluding hydrogens is 235 g/mol. The van der Waals surface area contributed by atoms with Gasteiger partial charge in [-0.05, 0) is 30.3 Å². The number of nitrogens with zero attached hydrogens (tertiary/aromatic N) is 2. The SMILES string of the molecule is CN(C(=O)c1cc(F)ccc1O)c1ccccn1. The minimum Gasteiger partial charge on any atom is -0.507 e. The molecule has 0 aliphatic rings. The molecule has 1 aromatic heterocycles. The van der Waals surface area contributed by atoms with Crippen molar-refractivity contribution >= 4 is 11.7 Å². The maximum Gasteiger partial charge on any atom is 0.263 e. The van der Waals surface area contributed by atoms with Crippen molar-refractivity contribution in [3.05, 3.63) is 54.0 Å². The number of benzene rings is 1. The Hall–Kier alpha value is -2.43. The lowest BCUT2D eigenvalue weighted by atomic mass is 10.1. The molecule has 18 heavy (non-hydrogen) atoms. The molecule has 1 amide bonds. The second-order valence-electron chi connectivity index (χ2n) is 3.71. The third kappa shape index (κ3) is 2.29. The molecule has 92 valence electrons. The van der Waals surface area contributed by atoms with Gasteiger partial charge in [0.25, 0.3) is 5.91 Å². The number of aromatic hydroxyl groups is 1. The highest BCUT2D eigenvalue weighted by molar-refractivity contribution is 6.06. The number of hydrogen-bond donors (Lipinski definition) is 1. The summed E-state index contributed by atoms with van der Waals surface area (Å²) in [6.45, 7) is 0. The van der Waals surface area contributed by atoms with E-state index in [1.54, 1.807) is 24.4 Å². The highest BCUT2D eigenvalue weighted by Gasteiger charge is 2.18. The fraction of sp³-hybridized carbons (Fsp3) is 0.0769. The molecule has 1 heterocycles. The highest BCUT2D eigenvalue weighted by atomic mass is 19.1. The van der Waals surface area contributed by atoms with E-state index in [1.807, 2.05) is 0 Å². The molecular formula is C13H11FN2O2. The van der Waals surface area contributed by atoms with Gasteiger partial charge in [-0.15, -0.1) is 0 Å². The quantitative estimate of drug-likeness (QED) is 0.883. The third-order valence-electron chi connectivity index (χ3n) is 2.49. The van der Waals surface area contributed by atoms with Crippen LogP contribution in [0.3, 0.4) is 0 Å². The largest absolute Gasteiger partial charge is 0.507 e. The van der Waals surface area contributed by atoms with Crippen molar-refractivity contribution in [1.29, 1.82) is 0 Å². The van der Waals surface area contributed by atoms with Gasteiger partial charge in [0.1, 0.15) is 17.4 Å². The number of carbonyl (C=O) groups is 1. The third-order valence-corrected chi connectivity index (χ3v) is 2.49. The summed E-state index contributed by atoms with van der Waals surface area (Å²) in [4.78, 5) is 17.3. The van der Waals surface area contributed by atoms with Gasteiger partial charge in [-0.2, -0.15) is 0 Å². The number of aromatic nitrogens is 1. The number of phenolic OH excluding ortho intramolecular Hbond substituents is 1. The minimum atomic E-state index is -0.578. The molecule has 1 aromatic carbocycles. The Kier molecular flexibility index (Phi) is 3.23. The van der Waals surface area contributed by atoms with Gasteiger partial charge in [0.15, 0.2) is 0 Å². The zero-order valence-electron chi connectivity index (χ0n) is 9.67. The van der Waals surface area contributed by atoms with Crippen LogP contribution in [-0.4, -0.2) is 23.0 Å². The van der Waals surface area contributed by atoms with E-state index in [2.05, 4.69) is 4.98 Å². The summed E-state index contributed by atoms with van der Waals surface area (Å²) in [5, 5.41) is 9.57. The standard InChI is InChI=1S/C13H11FN2O2/c1-16(12-4-2-3-7-15-12)13(18)10-8-9(14)5-6-11(10)17/h2-8,17H,1H3. The van der Waals surface area contributed by atoms with Crippen molar-refractivity contribution in [1.82, 2.24) is 4.98 Å². The molecule has 0 atom stereocenters. The monoisotopic (exact) mass is 246 g/mol. The topological polar surface area (TPSA) is 53.4 Å². The van der Waals surface area contributed by atoms with Crippen LogP contribution in [0.1, 0.15) is 10.4 Å². The maximum atomic E-state index is 13.1. The zero-order valence-corrected chi connectivity index (χ0v) is 9.67. The Morgan fingerprint density at radius 2 is 2.11 bits per heavy atom. The van der Waals surface area contributed by atoms with Gasteiger partial charge in [-0.3, -0.25) is 9.69 Å². The number of halogens is 1. The summed E-state index contributed by atoms with van der Waals surface area (Å²) in [5.41, 5.74) is -0.0943. The molecule has 4 nitrogen and oxygen atoms in total. The van der Waals surface area contributed by atoms with Gasteiger partial charge >= 0.3 is 0 Å². The first-order chi connectivity index (χ1) is 8.59. The molecule has 0 spiro atoms. The maximum absolute atomic E-state index is 13.1. The molecule has 1 N–H and O–H groups in total. The average Bonchev–Trinajstić information content (AvgIpc) is 2.41. The van der Waals surface area contributed by atoms with Crippen LogP contribution in [-0.2, 0) is 0 Å². The van der Waals surface area contributed by atoms with Crippen LogP contribution in [0.25, 0.3) is 0 Å². The number of anilines is 1. The number of pyridine rings is 1. The van der Waals surface area contributed by atoms with Gasteiger partial charge in [-0.1, -0.05) is 6.07 Å². The van der Waals surface area contributed by atoms with Crippen molar-refractivity contribution in [3.8, 4) is 5.75 Å². The number of carbonyl (C=O) groups excluding carboxylic acids is 1. The van der Waals surface area contributed by atoms with E-state index >= 15 is 0 Å². The summed E-state index contributed by atoms with van der Waals surface area (Å²) in [6, 6.07) is 8.34. The number of rotatable bonds is 2. The van der Waals surface area contributed by atoms with E-state index in [1.165, 1.54) is 11.9 Å². The van der Waals surface area contributed by atoms with Crippen molar-refractivity contribution in [3.63, 3.8) is 0 Å². The molecule has 0 fully saturated rings. The number of phenols is 1. The Morgan fingerprint density at radius 3 is 2.78 bits per heavy atom. The first kappa shape index (κ1) is 12.0. The van der Waals surface area contributed by atoms with Crippen LogP contribution in [0.2, 0.25) is 0 Å². The lowest BCUT2D eigenvalue weighted by Crippen LogP contribution is -2.27. The predicted octanol–water partition coefficient (Wildman–Crippen LogP) is 2.20. The normalized spacial score (nSPS) is 10.1. The van der Waals surface area contributed by atoms with E-state index in [4.69, 9.17) is 0 Å². The molecule has 0 bridgehead atoms. The molecule has 2 rings (SSSR count). The molecule has 5 heteroatoms. The lowest BCUT2D eigenvalue weighted by Gasteiger charge is -2.16. The van der Waals surface area contributed by atoms with Crippen LogP contribution in [0, 0.1) is 5.82 Å². The zero-order chi connectivity index (χ0) is 13.1. The molecule has 0 aliphatic heterocycles. The van der Waals surface area contributed by atoms with Crippen molar-refractivity contribution in [2.45, 2.75) is 0 Å². The second-order valence-corrected chi connectivity index (χ2v) is 3.71. The van der Waals surface area contributed by atoms with E-state index in [0.29, 0.717) is 5.82 Å². The number of hydrogen-bond acceptors (Lipinski definition) is 3. The van der Waals surface area contributed by atoms with Crippen molar-refractivity contribution in [2.24, 2.45) is 0 Å². The van der Waals surface area contributed by atoms with Crippen LogP contribution in [0.15, 0.2) is 42.6 Å². The second kappa shape index (κ2) is 4.83. The summed E-state index contributed by atoms with van der Waals surface area (Å²) in [5.74, 6) is -0.938. The van der Waals surface area contributed by atoms with E-state index in [9.17, 15) is 14.3 Å². The molecule has 0 radical (unpaired) electrons. The van der Waals surface area contributed by atoms with Crippen LogP contribution in [0.4, 0.5) is 10.2 Å². The Balaban J connectivity index is 2.34. The van der Waals surface area contributed by atoms with Crippen molar-refractivity contribution < 1.29 is 14.3 Å². The van der Waals surface area contributed by atoms with Gasteiger partial charge in [0.05, 0.1) is 5.56 Å². The molecule has 0 unspecified atom stereocenters. The lowest BCUT2D eigenvalue weighted by molar-refractivity contribution is 0.0989. The molecule has 0 saturated carbocycles. The van der Waals surface area contributed by atoms with Crippen LogP contribution in [0.5, 0.6) is 5.75 Å². The van der Waals surface area contributed by atoms with Crippen LogP contribution < -0.4 is 4.90 Å². The summed E-state index contributed by atoms with van der Waals surface area (Å²) >= 11 is 0. The number of amides is 1. The Labute approximate surface area is 103 Å². The van der Waals surface area contributed by atoms with E-state index < -0.39 is 11.7 Å². The van der Waals surface area contributed by atoms with Crippen LogP contribution >= 0.6 is 0 Å². The molecule has 0 aliphatic carbocycles. The Morgan fingerprint density at radius 1 is 1.33 bits per heavy atom. The van der Waals surface area contributed by atoms with E-state index in [0.717, 1.165) is 18.2 Å². The smallest absolute Gasteiger partial charge is 0.263 e.